The van der Waals surface area contributed by atoms with E-state index in [9.17, 15) is 0 Å². The molecule has 20 heavy (non-hydrogen) atoms. The minimum Gasteiger partial charge on any atom is -0.378 e. The molecule has 1 aliphatic heterocycles. The lowest BCUT2D eigenvalue weighted by Crippen LogP contribution is -2.34. The summed E-state index contributed by atoms with van der Waals surface area (Å²) in [4.78, 5) is 4.60. The Hall–Kier alpha value is -0.940. The number of nitrogens with one attached hydrogen (secondary N) is 1. The molecule has 0 saturated carbocycles. The summed E-state index contributed by atoms with van der Waals surface area (Å²) in [7, 11) is 0. The van der Waals surface area contributed by atoms with Crippen LogP contribution in [0.5, 0.6) is 0 Å². The third-order valence-electron chi connectivity index (χ3n) is 3.99. The van der Waals surface area contributed by atoms with Crippen LogP contribution in [0.25, 0.3) is 0 Å². The summed E-state index contributed by atoms with van der Waals surface area (Å²) in [6.45, 7) is 10.5. The minimum atomic E-state index is 0.251. The van der Waals surface area contributed by atoms with Crippen LogP contribution in [0.2, 0.25) is 0 Å². The van der Waals surface area contributed by atoms with E-state index in [2.05, 4.69) is 43.2 Å². The molecule has 0 aromatic carbocycles. The van der Waals surface area contributed by atoms with Crippen LogP contribution in [0.15, 0.2) is 4.52 Å². The van der Waals surface area contributed by atoms with Crippen molar-refractivity contribution in [3.63, 3.8) is 0 Å². The second kappa shape index (κ2) is 7.18. The van der Waals surface area contributed by atoms with Crippen LogP contribution in [-0.4, -0.2) is 35.4 Å². The SMILES string of the molecule is CCNC(C)C(c1nc(CC2CCCO2)no1)C(C)C. The van der Waals surface area contributed by atoms with Crippen molar-refractivity contribution in [3.05, 3.63) is 11.7 Å². The monoisotopic (exact) mass is 281 g/mol. The predicted octanol–water partition coefficient (Wildman–Crippen LogP) is 2.53. The fraction of sp³-hybridized carbons (Fsp3) is 0.867. The summed E-state index contributed by atoms with van der Waals surface area (Å²) in [5.74, 6) is 2.24. The van der Waals surface area contributed by atoms with Gasteiger partial charge in [-0.05, 0) is 32.2 Å². The Morgan fingerprint density at radius 3 is 2.75 bits per heavy atom. The van der Waals surface area contributed by atoms with Crippen molar-refractivity contribution in [1.29, 1.82) is 0 Å². The van der Waals surface area contributed by atoms with Crippen LogP contribution < -0.4 is 5.32 Å². The Morgan fingerprint density at radius 2 is 2.15 bits per heavy atom. The molecule has 1 aromatic heterocycles. The van der Waals surface area contributed by atoms with E-state index in [0.29, 0.717) is 12.0 Å². The molecule has 1 N–H and O–H groups in total. The molecule has 2 rings (SSSR count). The number of aromatic nitrogens is 2. The van der Waals surface area contributed by atoms with Gasteiger partial charge < -0.3 is 14.6 Å². The molecule has 0 bridgehead atoms. The van der Waals surface area contributed by atoms with Crippen LogP contribution in [0.1, 0.15) is 58.2 Å². The molecule has 3 unspecified atom stereocenters. The van der Waals surface area contributed by atoms with Crippen molar-refractivity contribution in [3.8, 4) is 0 Å². The van der Waals surface area contributed by atoms with Crippen molar-refractivity contribution in [2.75, 3.05) is 13.2 Å². The number of hydrogen-bond donors (Lipinski definition) is 1. The van der Waals surface area contributed by atoms with E-state index < -0.39 is 0 Å². The maximum atomic E-state index is 5.63. The van der Waals surface area contributed by atoms with Crippen molar-refractivity contribution in [1.82, 2.24) is 15.5 Å². The molecule has 0 aliphatic carbocycles. The fourth-order valence-electron chi connectivity index (χ4n) is 3.02. The Bertz CT molecular complexity index is 400. The lowest BCUT2D eigenvalue weighted by Gasteiger charge is -2.24. The van der Waals surface area contributed by atoms with Crippen molar-refractivity contribution < 1.29 is 9.26 Å². The van der Waals surface area contributed by atoms with E-state index >= 15 is 0 Å². The van der Waals surface area contributed by atoms with E-state index in [-0.39, 0.29) is 12.0 Å². The zero-order valence-electron chi connectivity index (χ0n) is 13.1. The average molecular weight is 281 g/mol. The van der Waals surface area contributed by atoms with Gasteiger partial charge in [0.2, 0.25) is 5.89 Å². The average Bonchev–Trinajstić information content (AvgIpc) is 3.02. The van der Waals surface area contributed by atoms with E-state index in [1.54, 1.807) is 0 Å². The van der Waals surface area contributed by atoms with Gasteiger partial charge in [-0.3, -0.25) is 0 Å². The van der Waals surface area contributed by atoms with Crippen LogP contribution in [-0.2, 0) is 11.2 Å². The zero-order chi connectivity index (χ0) is 14.5. The first kappa shape index (κ1) is 15.4. The standard InChI is InChI=1S/C15H27N3O2/c1-5-16-11(4)14(10(2)3)15-17-13(18-20-15)9-12-7-6-8-19-12/h10-12,14,16H,5-9H2,1-4H3. The van der Waals surface area contributed by atoms with Gasteiger partial charge in [0.1, 0.15) is 0 Å². The van der Waals surface area contributed by atoms with Gasteiger partial charge in [-0.15, -0.1) is 0 Å². The highest BCUT2D eigenvalue weighted by Gasteiger charge is 2.28. The van der Waals surface area contributed by atoms with Gasteiger partial charge in [0.15, 0.2) is 5.82 Å². The van der Waals surface area contributed by atoms with Crippen molar-refractivity contribution >= 4 is 0 Å². The van der Waals surface area contributed by atoms with Gasteiger partial charge in [0, 0.05) is 19.1 Å². The summed E-state index contributed by atoms with van der Waals surface area (Å²) in [6.07, 6.45) is 3.28. The van der Waals surface area contributed by atoms with Crippen molar-refractivity contribution in [2.45, 2.75) is 65.0 Å². The third kappa shape index (κ3) is 3.79. The van der Waals surface area contributed by atoms with E-state index in [1.165, 1.54) is 0 Å². The van der Waals surface area contributed by atoms with Gasteiger partial charge in [0.25, 0.3) is 0 Å². The first-order chi connectivity index (χ1) is 9.61. The highest BCUT2D eigenvalue weighted by molar-refractivity contribution is 5.01. The first-order valence-electron chi connectivity index (χ1n) is 7.79. The number of ether oxygens (including phenoxy) is 1. The number of likely N-dealkylation sites (N-methyl/N-ethyl adjacent to an activating group) is 1. The van der Waals surface area contributed by atoms with Gasteiger partial charge in [-0.1, -0.05) is 25.9 Å². The van der Waals surface area contributed by atoms with Crippen molar-refractivity contribution in [2.24, 2.45) is 5.92 Å². The Labute approximate surface area is 121 Å². The van der Waals surface area contributed by atoms with Crippen LogP contribution >= 0.6 is 0 Å². The summed E-state index contributed by atoms with van der Waals surface area (Å²) in [6, 6.07) is 0.330. The van der Waals surface area contributed by atoms with Crippen LogP contribution in [0, 0.1) is 5.92 Å². The maximum absolute atomic E-state index is 5.63. The smallest absolute Gasteiger partial charge is 0.231 e. The quantitative estimate of drug-likeness (QED) is 0.832. The molecular formula is C15H27N3O2. The Morgan fingerprint density at radius 1 is 1.35 bits per heavy atom. The molecule has 1 aromatic rings. The summed E-state index contributed by atoms with van der Waals surface area (Å²) in [5, 5.41) is 7.59. The molecule has 3 atom stereocenters. The predicted molar refractivity (Wildman–Crippen MR) is 77.7 cm³/mol. The highest BCUT2D eigenvalue weighted by Crippen LogP contribution is 2.27. The maximum Gasteiger partial charge on any atom is 0.231 e. The molecule has 5 heteroatoms. The van der Waals surface area contributed by atoms with E-state index in [4.69, 9.17) is 9.26 Å². The van der Waals surface area contributed by atoms with E-state index in [1.807, 2.05) is 0 Å². The minimum absolute atomic E-state index is 0.251. The lowest BCUT2D eigenvalue weighted by molar-refractivity contribution is 0.109. The second-order valence-corrected chi connectivity index (χ2v) is 6.00. The molecule has 0 spiro atoms. The van der Waals surface area contributed by atoms with E-state index in [0.717, 1.165) is 44.1 Å². The molecular weight excluding hydrogens is 254 g/mol. The first-order valence-corrected chi connectivity index (χ1v) is 7.79. The zero-order valence-corrected chi connectivity index (χ0v) is 13.1. The van der Waals surface area contributed by atoms with Gasteiger partial charge in [-0.2, -0.15) is 4.98 Å². The lowest BCUT2D eigenvalue weighted by atomic mass is 9.89. The number of hydrogen-bond acceptors (Lipinski definition) is 5. The third-order valence-corrected chi connectivity index (χ3v) is 3.99. The van der Waals surface area contributed by atoms with Gasteiger partial charge >= 0.3 is 0 Å². The number of nitrogens with zero attached hydrogens (tertiary/aromatic N) is 2. The normalized spacial score (nSPS) is 22.4. The fourth-order valence-corrected chi connectivity index (χ4v) is 3.02. The molecule has 2 heterocycles. The number of rotatable bonds is 7. The van der Waals surface area contributed by atoms with Gasteiger partial charge in [-0.25, -0.2) is 0 Å². The highest BCUT2D eigenvalue weighted by atomic mass is 16.5. The van der Waals surface area contributed by atoms with Crippen LogP contribution in [0.4, 0.5) is 0 Å². The molecule has 114 valence electrons. The molecule has 1 aliphatic rings. The largest absolute Gasteiger partial charge is 0.378 e. The Balaban J connectivity index is 2.03. The summed E-state index contributed by atoms with van der Waals surface area (Å²) >= 11 is 0. The molecule has 5 nitrogen and oxygen atoms in total. The summed E-state index contributed by atoms with van der Waals surface area (Å²) in [5.41, 5.74) is 0. The molecule has 0 amide bonds. The second-order valence-electron chi connectivity index (χ2n) is 6.00. The molecule has 0 radical (unpaired) electrons. The Kier molecular flexibility index (Phi) is 5.54. The topological polar surface area (TPSA) is 60.2 Å². The van der Waals surface area contributed by atoms with Gasteiger partial charge in [0.05, 0.1) is 12.0 Å². The summed E-state index contributed by atoms with van der Waals surface area (Å²) < 4.78 is 11.1. The molecule has 1 fully saturated rings. The van der Waals surface area contributed by atoms with Crippen LogP contribution in [0.3, 0.4) is 0 Å². The molecule has 1 saturated heterocycles.